The van der Waals surface area contributed by atoms with E-state index in [2.05, 4.69) is 15.2 Å². The normalized spacial score (nSPS) is 16.2. The Labute approximate surface area is 163 Å². The summed E-state index contributed by atoms with van der Waals surface area (Å²) in [4.78, 5) is 33.0. The molecule has 0 aromatic carbocycles. The topological polar surface area (TPSA) is 78.7 Å². The number of halogens is 1. The third-order valence-electron chi connectivity index (χ3n) is 4.82. The molecule has 0 radical (unpaired) electrons. The van der Waals surface area contributed by atoms with Crippen molar-refractivity contribution in [1.82, 2.24) is 14.8 Å². The third kappa shape index (κ3) is 4.31. The van der Waals surface area contributed by atoms with E-state index in [0.29, 0.717) is 43.2 Å². The van der Waals surface area contributed by atoms with Crippen molar-refractivity contribution in [3.05, 3.63) is 46.6 Å². The Balaban J connectivity index is 1.56. The van der Waals surface area contributed by atoms with Crippen molar-refractivity contribution in [2.45, 2.75) is 26.8 Å². The number of carbonyl (C=O) groups excluding carboxylic acids is 2. The number of amides is 2. The van der Waals surface area contributed by atoms with Gasteiger partial charge in [-0.2, -0.15) is 0 Å². The molecule has 1 fully saturated rings. The number of hydrogen-bond acceptors (Lipinski definition) is 5. The fourth-order valence-corrected chi connectivity index (χ4v) is 3.37. The molecule has 0 bridgehead atoms. The molecule has 1 aliphatic rings. The summed E-state index contributed by atoms with van der Waals surface area (Å²) in [5.74, 6) is 1.20. The van der Waals surface area contributed by atoms with Gasteiger partial charge in [0.05, 0.1) is 17.3 Å². The van der Waals surface area contributed by atoms with E-state index in [1.807, 2.05) is 13.8 Å². The number of furan rings is 1. The van der Waals surface area contributed by atoms with Gasteiger partial charge in [-0.1, -0.05) is 11.6 Å². The van der Waals surface area contributed by atoms with Gasteiger partial charge in [-0.05, 0) is 39.0 Å². The minimum atomic E-state index is -0.337. The molecular weight excluding hydrogens is 368 g/mol. The highest BCUT2D eigenvalue weighted by Crippen LogP contribution is 2.20. The fourth-order valence-electron chi connectivity index (χ4n) is 3.21. The van der Waals surface area contributed by atoms with Crippen LogP contribution in [0.3, 0.4) is 0 Å². The molecule has 0 spiro atoms. The lowest BCUT2D eigenvalue weighted by atomic mass is 10.1. The molecular formula is C19H23ClN4O3. The first kappa shape index (κ1) is 19.4. The Bertz CT molecular complexity index is 843. The number of nitrogens with zero attached hydrogens (tertiary/aromatic N) is 3. The zero-order chi connectivity index (χ0) is 19.6. The van der Waals surface area contributed by atoms with Crippen molar-refractivity contribution in [1.29, 1.82) is 0 Å². The standard InChI is InChI=1S/C19H23ClN4O3/c1-12-11-15(14(3)27-12)19(26)24-9-7-23(8-10-24)13(2)18(25)22-16-5-4-6-21-17(16)20/h4-6,11,13H,7-10H2,1-3H3,(H,22,25). The minimum Gasteiger partial charge on any atom is -0.466 e. The third-order valence-corrected chi connectivity index (χ3v) is 5.12. The van der Waals surface area contributed by atoms with Crippen molar-refractivity contribution >= 4 is 29.1 Å². The lowest BCUT2D eigenvalue weighted by Gasteiger charge is -2.37. The van der Waals surface area contributed by atoms with Gasteiger partial charge < -0.3 is 14.6 Å². The molecule has 144 valence electrons. The second-order valence-electron chi connectivity index (χ2n) is 6.66. The minimum absolute atomic E-state index is 0.0248. The number of hydrogen-bond donors (Lipinski definition) is 1. The van der Waals surface area contributed by atoms with Gasteiger partial charge in [-0.25, -0.2) is 4.98 Å². The van der Waals surface area contributed by atoms with Crippen LogP contribution >= 0.6 is 11.6 Å². The molecule has 0 saturated carbocycles. The van der Waals surface area contributed by atoms with Crippen LogP contribution in [0, 0.1) is 13.8 Å². The number of aromatic nitrogens is 1. The van der Waals surface area contributed by atoms with Crippen LogP contribution in [0.5, 0.6) is 0 Å². The van der Waals surface area contributed by atoms with Crippen LogP contribution in [-0.2, 0) is 4.79 Å². The van der Waals surface area contributed by atoms with E-state index in [1.165, 1.54) is 0 Å². The molecule has 2 aromatic rings. The molecule has 3 rings (SSSR count). The fraction of sp³-hybridized carbons (Fsp3) is 0.421. The van der Waals surface area contributed by atoms with Gasteiger partial charge in [0.15, 0.2) is 5.15 Å². The first-order valence-corrected chi connectivity index (χ1v) is 9.26. The van der Waals surface area contributed by atoms with E-state index in [4.69, 9.17) is 16.0 Å². The van der Waals surface area contributed by atoms with E-state index in [0.717, 1.165) is 5.76 Å². The van der Waals surface area contributed by atoms with Gasteiger partial charge in [0.25, 0.3) is 5.91 Å². The van der Waals surface area contributed by atoms with Gasteiger partial charge in [0, 0.05) is 32.4 Å². The quantitative estimate of drug-likeness (QED) is 0.812. The van der Waals surface area contributed by atoms with Crippen molar-refractivity contribution in [2.75, 3.05) is 31.5 Å². The van der Waals surface area contributed by atoms with Gasteiger partial charge in [-0.3, -0.25) is 14.5 Å². The predicted molar refractivity (Wildman–Crippen MR) is 103 cm³/mol. The highest BCUT2D eigenvalue weighted by molar-refractivity contribution is 6.32. The maximum absolute atomic E-state index is 12.7. The van der Waals surface area contributed by atoms with Crippen molar-refractivity contribution in [3.8, 4) is 0 Å². The molecule has 1 atom stereocenters. The van der Waals surface area contributed by atoms with E-state index in [1.54, 1.807) is 36.2 Å². The van der Waals surface area contributed by atoms with Crippen LogP contribution in [0.15, 0.2) is 28.8 Å². The summed E-state index contributed by atoms with van der Waals surface area (Å²) >= 11 is 5.99. The summed E-state index contributed by atoms with van der Waals surface area (Å²) in [7, 11) is 0. The molecule has 3 heterocycles. The summed E-state index contributed by atoms with van der Waals surface area (Å²) in [6.07, 6.45) is 1.57. The molecule has 1 saturated heterocycles. The van der Waals surface area contributed by atoms with Crippen LogP contribution in [0.1, 0.15) is 28.8 Å². The van der Waals surface area contributed by atoms with Crippen molar-refractivity contribution in [2.24, 2.45) is 0 Å². The Morgan fingerprint density at radius 1 is 1.26 bits per heavy atom. The molecule has 1 aliphatic heterocycles. The van der Waals surface area contributed by atoms with Crippen LogP contribution in [0.4, 0.5) is 5.69 Å². The molecule has 1 unspecified atom stereocenters. The Morgan fingerprint density at radius 3 is 2.56 bits per heavy atom. The number of piperazine rings is 1. The summed E-state index contributed by atoms with van der Waals surface area (Å²) in [5.41, 5.74) is 1.11. The maximum atomic E-state index is 12.7. The number of pyridine rings is 1. The lowest BCUT2D eigenvalue weighted by molar-refractivity contribution is -0.121. The van der Waals surface area contributed by atoms with E-state index < -0.39 is 0 Å². The number of rotatable bonds is 4. The average molecular weight is 391 g/mol. The summed E-state index contributed by atoms with van der Waals surface area (Å²) < 4.78 is 5.46. The monoisotopic (exact) mass is 390 g/mol. The molecule has 27 heavy (non-hydrogen) atoms. The molecule has 8 heteroatoms. The molecule has 7 nitrogen and oxygen atoms in total. The second-order valence-corrected chi connectivity index (χ2v) is 7.02. The highest BCUT2D eigenvalue weighted by atomic mass is 35.5. The Hall–Kier alpha value is -2.38. The average Bonchev–Trinajstić information content (AvgIpc) is 3.00. The van der Waals surface area contributed by atoms with Gasteiger partial charge in [0.1, 0.15) is 11.5 Å². The first-order chi connectivity index (χ1) is 12.9. The molecule has 2 amide bonds. The van der Waals surface area contributed by atoms with Crippen LogP contribution < -0.4 is 5.32 Å². The number of carbonyl (C=O) groups is 2. The van der Waals surface area contributed by atoms with Crippen molar-refractivity contribution < 1.29 is 14.0 Å². The summed E-state index contributed by atoms with van der Waals surface area (Å²) in [5, 5.41) is 3.07. The Morgan fingerprint density at radius 2 is 1.96 bits per heavy atom. The SMILES string of the molecule is Cc1cc(C(=O)N2CCN(C(C)C(=O)Nc3cccnc3Cl)CC2)c(C)o1. The van der Waals surface area contributed by atoms with Crippen molar-refractivity contribution in [3.63, 3.8) is 0 Å². The second kappa shape index (κ2) is 8.10. The number of aryl methyl sites for hydroxylation is 2. The number of nitrogens with one attached hydrogen (secondary N) is 1. The van der Waals surface area contributed by atoms with E-state index >= 15 is 0 Å². The maximum Gasteiger partial charge on any atom is 0.257 e. The van der Waals surface area contributed by atoms with E-state index in [9.17, 15) is 9.59 Å². The molecule has 1 N–H and O–H groups in total. The van der Waals surface area contributed by atoms with Crippen LogP contribution in [-0.4, -0.2) is 58.8 Å². The Kier molecular flexibility index (Phi) is 5.82. The first-order valence-electron chi connectivity index (χ1n) is 8.88. The van der Waals surface area contributed by atoms with Gasteiger partial charge in [0.2, 0.25) is 5.91 Å². The van der Waals surface area contributed by atoms with Gasteiger partial charge >= 0.3 is 0 Å². The molecule has 2 aromatic heterocycles. The zero-order valence-electron chi connectivity index (χ0n) is 15.7. The zero-order valence-corrected chi connectivity index (χ0v) is 16.4. The lowest BCUT2D eigenvalue weighted by Crippen LogP contribution is -2.54. The predicted octanol–water partition coefficient (Wildman–Crippen LogP) is 2.73. The summed E-state index contributed by atoms with van der Waals surface area (Å²) in [6.45, 7) is 7.85. The number of anilines is 1. The van der Waals surface area contributed by atoms with Gasteiger partial charge in [-0.15, -0.1) is 0 Å². The summed E-state index contributed by atoms with van der Waals surface area (Å²) in [6, 6.07) is 4.87. The van der Waals surface area contributed by atoms with E-state index in [-0.39, 0.29) is 23.0 Å². The highest BCUT2D eigenvalue weighted by Gasteiger charge is 2.29. The van der Waals surface area contributed by atoms with Crippen LogP contribution in [0.25, 0.3) is 0 Å². The largest absolute Gasteiger partial charge is 0.466 e. The molecule has 0 aliphatic carbocycles. The smallest absolute Gasteiger partial charge is 0.257 e. The van der Waals surface area contributed by atoms with Crippen LogP contribution in [0.2, 0.25) is 5.15 Å².